The number of nitrogens with one attached hydrogen (secondary N) is 3. The molecule has 13 heteroatoms. The fourth-order valence-electron chi connectivity index (χ4n) is 4.15. The Bertz CT molecular complexity index is 1570. The summed E-state index contributed by atoms with van der Waals surface area (Å²) in [5.41, 5.74) is 2.04. The Morgan fingerprint density at radius 2 is 1.74 bits per heavy atom. The van der Waals surface area contributed by atoms with Gasteiger partial charge in [0.2, 0.25) is 0 Å². The Kier molecular flexibility index (Phi) is 9.00. The Morgan fingerprint density at radius 3 is 2.43 bits per heavy atom. The number of hydrogen-bond acceptors (Lipinski definition) is 8. The van der Waals surface area contributed by atoms with Gasteiger partial charge in [-0.1, -0.05) is 6.07 Å². The van der Waals surface area contributed by atoms with Crippen LogP contribution in [0.4, 0.5) is 41.9 Å². The summed E-state index contributed by atoms with van der Waals surface area (Å²) in [6, 6.07) is 12.2. The van der Waals surface area contributed by atoms with Crippen LogP contribution in [0.1, 0.15) is 27.2 Å². The molecule has 2 heterocycles. The molecule has 0 atom stereocenters. The first-order valence-electron chi connectivity index (χ1n) is 13.2. The van der Waals surface area contributed by atoms with Crippen LogP contribution in [0.25, 0.3) is 5.82 Å². The molecule has 222 valence electrons. The van der Waals surface area contributed by atoms with Crippen molar-refractivity contribution in [3.8, 4) is 5.82 Å². The fraction of sp³-hybridized carbons (Fsp3) is 0.310. The minimum Gasteiger partial charge on any atom is -0.373 e. The fourth-order valence-corrected chi connectivity index (χ4v) is 4.15. The topological polar surface area (TPSA) is 103 Å². The van der Waals surface area contributed by atoms with Crippen molar-refractivity contribution < 1.29 is 18.0 Å². The third-order valence-electron chi connectivity index (χ3n) is 6.55. The summed E-state index contributed by atoms with van der Waals surface area (Å²) in [7, 11) is 7.25. The van der Waals surface area contributed by atoms with Gasteiger partial charge >= 0.3 is 6.18 Å². The van der Waals surface area contributed by atoms with E-state index in [1.165, 1.54) is 6.33 Å². The van der Waals surface area contributed by atoms with Gasteiger partial charge in [0.05, 0.1) is 11.3 Å². The summed E-state index contributed by atoms with van der Waals surface area (Å²) >= 11 is 0. The molecule has 4 rings (SSSR count). The van der Waals surface area contributed by atoms with Gasteiger partial charge in [0.1, 0.15) is 18.0 Å². The second kappa shape index (κ2) is 12.5. The van der Waals surface area contributed by atoms with Gasteiger partial charge in [-0.15, -0.1) is 0 Å². The molecule has 0 unspecified atom stereocenters. The molecular weight excluding hydrogens is 547 g/mol. The monoisotopic (exact) mass is 581 g/mol. The summed E-state index contributed by atoms with van der Waals surface area (Å²) in [6.07, 6.45) is -3.14. The number of aromatic nitrogens is 4. The number of benzene rings is 2. The van der Waals surface area contributed by atoms with Crippen LogP contribution in [-0.4, -0.2) is 71.8 Å². The lowest BCUT2D eigenvalue weighted by atomic mass is 10.1. The van der Waals surface area contributed by atoms with E-state index >= 15 is 0 Å². The highest BCUT2D eigenvalue weighted by Crippen LogP contribution is 2.34. The molecule has 0 radical (unpaired) electrons. The van der Waals surface area contributed by atoms with E-state index in [9.17, 15) is 18.0 Å². The number of carbonyl (C=O) groups excluding carboxylic acids is 1. The zero-order valence-electron chi connectivity index (χ0n) is 24.3. The molecule has 2 aromatic carbocycles. The first-order valence-corrected chi connectivity index (χ1v) is 13.2. The van der Waals surface area contributed by atoms with Crippen molar-refractivity contribution in [2.75, 3.05) is 62.1 Å². The third-order valence-corrected chi connectivity index (χ3v) is 6.55. The molecule has 0 saturated heterocycles. The van der Waals surface area contributed by atoms with Crippen LogP contribution < -0.4 is 20.9 Å². The van der Waals surface area contributed by atoms with Gasteiger partial charge in [-0.2, -0.15) is 23.0 Å². The summed E-state index contributed by atoms with van der Waals surface area (Å²) in [5.74, 6) is 1.22. The van der Waals surface area contributed by atoms with Crippen molar-refractivity contribution in [2.24, 2.45) is 0 Å². The van der Waals surface area contributed by atoms with Gasteiger partial charge in [0.15, 0.2) is 5.82 Å². The van der Waals surface area contributed by atoms with E-state index in [0.29, 0.717) is 41.9 Å². The number of anilines is 5. The molecule has 0 aliphatic carbocycles. The van der Waals surface area contributed by atoms with Crippen molar-refractivity contribution in [2.45, 2.75) is 20.0 Å². The molecule has 3 N–H and O–H groups in total. The Hall–Kier alpha value is -4.65. The van der Waals surface area contributed by atoms with Crippen LogP contribution in [0.2, 0.25) is 0 Å². The summed E-state index contributed by atoms with van der Waals surface area (Å²) in [4.78, 5) is 25.4. The molecular formula is C29H34F3N9O. The maximum absolute atomic E-state index is 13.7. The average Bonchev–Trinajstić information content (AvgIpc) is 3.31. The van der Waals surface area contributed by atoms with Gasteiger partial charge < -0.3 is 25.8 Å². The van der Waals surface area contributed by atoms with Gasteiger partial charge in [0, 0.05) is 61.9 Å². The SMILES string of the molecule is CNc1cc(-n2nc(C)cc2Nc2cc(C(=O)Nc3cc(N(C)CCN(C)C)cc(C(F)(F)F)c3)ccc2C)ncn1. The number of hydrogen-bond donors (Lipinski definition) is 3. The second-order valence-electron chi connectivity index (χ2n) is 10.2. The van der Waals surface area contributed by atoms with E-state index in [1.807, 2.05) is 38.9 Å². The van der Waals surface area contributed by atoms with E-state index in [0.717, 1.165) is 23.4 Å². The predicted octanol–water partition coefficient (Wildman–Crippen LogP) is 5.33. The predicted molar refractivity (Wildman–Crippen MR) is 159 cm³/mol. The molecule has 0 bridgehead atoms. The molecule has 42 heavy (non-hydrogen) atoms. The molecule has 0 fully saturated rings. The third kappa shape index (κ3) is 7.35. The van der Waals surface area contributed by atoms with Crippen LogP contribution in [0.3, 0.4) is 0 Å². The van der Waals surface area contributed by atoms with E-state index in [2.05, 4.69) is 31.0 Å². The lowest BCUT2D eigenvalue weighted by Gasteiger charge is -2.23. The molecule has 0 aliphatic heterocycles. The molecule has 2 aromatic heterocycles. The Morgan fingerprint density at radius 1 is 0.976 bits per heavy atom. The highest BCUT2D eigenvalue weighted by Gasteiger charge is 2.32. The van der Waals surface area contributed by atoms with Gasteiger partial charge in [-0.05, 0) is 63.8 Å². The normalized spacial score (nSPS) is 11.5. The number of aryl methyl sites for hydroxylation is 2. The van der Waals surface area contributed by atoms with Crippen LogP contribution in [0, 0.1) is 13.8 Å². The van der Waals surface area contributed by atoms with Gasteiger partial charge in [-0.3, -0.25) is 4.79 Å². The summed E-state index contributed by atoms with van der Waals surface area (Å²) < 4.78 is 42.8. The highest BCUT2D eigenvalue weighted by atomic mass is 19.4. The van der Waals surface area contributed by atoms with Crippen LogP contribution in [-0.2, 0) is 6.18 Å². The molecule has 0 saturated carbocycles. The van der Waals surface area contributed by atoms with E-state index < -0.39 is 17.6 Å². The number of alkyl halides is 3. The second-order valence-corrected chi connectivity index (χ2v) is 10.2. The number of halogens is 3. The smallest absolute Gasteiger partial charge is 0.373 e. The summed E-state index contributed by atoms with van der Waals surface area (Å²) in [5, 5.41) is 13.5. The maximum atomic E-state index is 13.7. The number of rotatable bonds is 10. The zero-order chi connectivity index (χ0) is 30.6. The zero-order valence-corrected chi connectivity index (χ0v) is 24.3. The van der Waals surface area contributed by atoms with Crippen molar-refractivity contribution in [3.63, 3.8) is 0 Å². The van der Waals surface area contributed by atoms with Crippen LogP contribution in [0.5, 0.6) is 0 Å². The maximum Gasteiger partial charge on any atom is 0.416 e. The van der Waals surface area contributed by atoms with Crippen LogP contribution in [0.15, 0.2) is 54.9 Å². The first-order chi connectivity index (χ1) is 19.8. The molecule has 4 aromatic rings. The minimum atomic E-state index is -4.57. The van der Waals surface area contributed by atoms with Gasteiger partial charge in [0.25, 0.3) is 5.91 Å². The molecule has 1 amide bonds. The largest absolute Gasteiger partial charge is 0.416 e. The number of amides is 1. The van der Waals surface area contributed by atoms with Crippen molar-refractivity contribution in [3.05, 3.63) is 77.2 Å². The lowest BCUT2D eigenvalue weighted by Crippen LogP contribution is -2.28. The Balaban J connectivity index is 1.61. The quantitative estimate of drug-likeness (QED) is 0.231. The van der Waals surface area contributed by atoms with Crippen molar-refractivity contribution in [1.29, 1.82) is 0 Å². The molecule has 0 aliphatic rings. The number of nitrogens with zero attached hydrogens (tertiary/aromatic N) is 6. The van der Waals surface area contributed by atoms with Crippen molar-refractivity contribution in [1.82, 2.24) is 24.6 Å². The summed E-state index contributed by atoms with van der Waals surface area (Å²) in [6.45, 7) is 4.89. The minimum absolute atomic E-state index is 0.0504. The van der Waals surface area contributed by atoms with E-state index in [1.54, 1.807) is 54.0 Å². The molecule has 0 spiro atoms. The van der Waals surface area contributed by atoms with E-state index in [-0.39, 0.29) is 11.3 Å². The first kappa shape index (κ1) is 30.3. The molecule has 10 nitrogen and oxygen atoms in total. The Labute approximate surface area is 242 Å². The standard InChI is InChI=1S/C29H34F3N9O/c1-18-7-8-20(12-24(18)37-27-11-19(2)38-41(27)26-16-25(33-3)34-17-35-26)28(42)36-22-13-21(29(30,31)32)14-23(15-22)40(6)10-9-39(4)5/h7-8,11-17,37H,9-10H2,1-6H3,(H,36,42)(H,33,34,35). The van der Waals surface area contributed by atoms with E-state index in [4.69, 9.17) is 0 Å². The van der Waals surface area contributed by atoms with Crippen LogP contribution >= 0.6 is 0 Å². The van der Waals surface area contributed by atoms with Gasteiger partial charge in [-0.25, -0.2) is 9.97 Å². The number of carbonyl (C=O) groups is 1. The number of likely N-dealkylation sites (N-methyl/N-ethyl adjacent to an activating group) is 2. The van der Waals surface area contributed by atoms with Crippen molar-refractivity contribution >= 4 is 34.6 Å². The highest BCUT2D eigenvalue weighted by molar-refractivity contribution is 6.05. The average molecular weight is 582 g/mol. The lowest BCUT2D eigenvalue weighted by molar-refractivity contribution is -0.137.